The second-order valence-corrected chi connectivity index (χ2v) is 11.1. The first kappa shape index (κ1) is 23.1. The molecule has 7 rings (SSSR count). The fourth-order valence-corrected chi connectivity index (χ4v) is 5.98. The van der Waals surface area contributed by atoms with Crippen molar-refractivity contribution in [1.82, 2.24) is 35.0 Å². The van der Waals surface area contributed by atoms with Crippen molar-refractivity contribution in [1.29, 1.82) is 0 Å². The molecule has 1 saturated heterocycles. The quantitative estimate of drug-likeness (QED) is 0.269. The monoisotopic (exact) mass is 527 g/mol. The number of aromatic amines is 2. The number of hydrogen-bond acceptors (Lipinski definition) is 6. The van der Waals surface area contributed by atoms with Gasteiger partial charge in [-0.3, -0.25) is 20.0 Å². The summed E-state index contributed by atoms with van der Waals surface area (Å²) in [6.07, 6.45) is 5.20. The van der Waals surface area contributed by atoms with E-state index in [1.54, 1.807) is 28.6 Å². The summed E-state index contributed by atoms with van der Waals surface area (Å²) in [5.41, 5.74) is 7.50. The number of H-pyrrole nitrogens is 2. The summed E-state index contributed by atoms with van der Waals surface area (Å²) in [5.74, 6) is -2.61. The van der Waals surface area contributed by atoms with Gasteiger partial charge in [-0.05, 0) is 55.0 Å². The molecule has 1 aliphatic heterocycles. The SMILES string of the molecule is Cc1ccc(-c2nccc3[nH]c(-c4n[nH]c5ccc(-c6cncc(CN7CCC(F)(F)C7)c6)nc45)cc23)s1. The molecule has 0 radical (unpaired) electrons. The van der Waals surface area contributed by atoms with Gasteiger partial charge in [0.15, 0.2) is 0 Å². The summed E-state index contributed by atoms with van der Waals surface area (Å²) in [7, 11) is 0. The van der Waals surface area contributed by atoms with E-state index in [0.717, 1.165) is 60.7 Å². The first-order valence-corrected chi connectivity index (χ1v) is 13.2. The van der Waals surface area contributed by atoms with Gasteiger partial charge in [0.1, 0.15) is 11.2 Å². The molecule has 6 aromatic rings. The fourth-order valence-electron chi connectivity index (χ4n) is 5.10. The topological polar surface area (TPSA) is 86.4 Å². The Labute approximate surface area is 220 Å². The first-order valence-electron chi connectivity index (χ1n) is 12.4. The second-order valence-electron chi connectivity index (χ2n) is 9.78. The van der Waals surface area contributed by atoms with Crippen LogP contribution in [-0.4, -0.2) is 54.0 Å². The van der Waals surface area contributed by atoms with E-state index < -0.39 is 5.92 Å². The fraction of sp³-hybridized carbons (Fsp3) is 0.214. The van der Waals surface area contributed by atoms with Gasteiger partial charge in [0.2, 0.25) is 0 Å². The van der Waals surface area contributed by atoms with E-state index in [1.807, 2.05) is 30.5 Å². The van der Waals surface area contributed by atoms with Gasteiger partial charge in [-0.2, -0.15) is 5.10 Å². The van der Waals surface area contributed by atoms with Crippen LogP contribution in [0.4, 0.5) is 8.78 Å². The summed E-state index contributed by atoms with van der Waals surface area (Å²) in [6.45, 7) is 2.69. The Balaban J connectivity index is 1.24. The van der Waals surface area contributed by atoms with Gasteiger partial charge in [0, 0.05) is 59.4 Å². The van der Waals surface area contributed by atoms with Crippen LogP contribution in [0.25, 0.3) is 55.2 Å². The Morgan fingerprint density at radius 2 is 1.97 bits per heavy atom. The molecule has 190 valence electrons. The third-order valence-corrected chi connectivity index (χ3v) is 7.94. The molecule has 2 N–H and O–H groups in total. The van der Waals surface area contributed by atoms with Crippen molar-refractivity contribution in [3.8, 4) is 33.2 Å². The van der Waals surface area contributed by atoms with E-state index >= 15 is 0 Å². The van der Waals surface area contributed by atoms with E-state index in [9.17, 15) is 8.78 Å². The number of thiophene rings is 1. The minimum Gasteiger partial charge on any atom is -0.353 e. The lowest BCUT2D eigenvalue weighted by Gasteiger charge is -2.15. The lowest BCUT2D eigenvalue weighted by Crippen LogP contribution is -2.24. The Morgan fingerprint density at radius 1 is 1.05 bits per heavy atom. The number of nitrogens with zero attached hydrogens (tertiary/aromatic N) is 5. The molecule has 0 aliphatic carbocycles. The predicted molar refractivity (Wildman–Crippen MR) is 145 cm³/mol. The van der Waals surface area contributed by atoms with Crippen molar-refractivity contribution in [2.45, 2.75) is 25.8 Å². The number of nitrogens with one attached hydrogen (secondary N) is 2. The number of fused-ring (bicyclic) bond motifs is 2. The maximum absolute atomic E-state index is 13.6. The molecule has 0 spiro atoms. The molecule has 0 atom stereocenters. The number of likely N-dealkylation sites (tertiary alicyclic amines) is 1. The Hall–Kier alpha value is -4.02. The van der Waals surface area contributed by atoms with Crippen molar-refractivity contribution >= 4 is 33.3 Å². The second kappa shape index (κ2) is 8.78. The highest BCUT2D eigenvalue weighted by molar-refractivity contribution is 7.15. The summed E-state index contributed by atoms with van der Waals surface area (Å²) < 4.78 is 27.3. The number of halogens is 2. The Morgan fingerprint density at radius 3 is 2.79 bits per heavy atom. The third-order valence-electron chi connectivity index (χ3n) is 6.93. The molecule has 10 heteroatoms. The minimum atomic E-state index is -2.61. The highest BCUT2D eigenvalue weighted by Crippen LogP contribution is 2.35. The number of rotatable bonds is 5. The van der Waals surface area contributed by atoms with Crippen LogP contribution in [0.1, 0.15) is 16.9 Å². The molecular weight excluding hydrogens is 504 g/mol. The van der Waals surface area contributed by atoms with Gasteiger partial charge in [0.25, 0.3) is 5.92 Å². The summed E-state index contributed by atoms with van der Waals surface area (Å²) in [4.78, 5) is 21.6. The summed E-state index contributed by atoms with van der Waals surface area (Å²) >= 11 is 1.72. The molecule has 0 aromatic carbocycles. The van der Waals surface area contributed by atoms with Crippen LogP contribution in [-0.2, 0) is 6.54 Å². The van der Waals surface area contributed by atoms with E-state index in [0.29, 0.717) is 13.1 Å². The highest BCUT2D eigenvalue weighted by Gasteiger charge is 2.37. The predicted octanol–water partition coefficient (Wildman–Crippen LogP) is 6.44. The molecule has 7 nitrogen and oxygen atoms in total. The highest BCUT2D eigenvalue weighted by atomic mass is 32.1. The van der Waals surface area contributed by atoms with Crippen LogP contribution >= 0.6 is 11.3 Å². The van der Waals surface area contributed by atoms with E-state index in [1.165, 1.54) is 4.88 Å². The average Bonchev–Trinajstić information content (AvgIpc) is 3.69. The van der Waals surface area contributed by atoms with Crippen LogP contribution in [0.3, 0.4) is 0 Å². The maximum atomic E-state index is 13.6. The van der Waals surface area contributed by atoms with Gasteiger partial charge in [-0.25, -0.2) is 13.8 Å². The molecule has 0 amide bonds. The van der Waals surface area contributed by atoms with Crippen molar-refractivity contribution < 1.29 is 8.78 Å². The molecule has 0 saturated carbocycles. The van der Waals surface area contributed by atoms with Crippen molar-refractivity contribution in [3.63, 3.8) is 0 Å². The van der Waals surface area contributed by atoms with Crippen LogP contribution in [0, 0.1) is 6.92 Å². The molecule has 38 heavy (non-hydrogen) atoms. The molecule has 1 aliphatic rings. The molecular formula is C28H23F2N7S. The molecule has 6 aromatic heterocycles. The summed E-state index contributed by atoms with van der Waals surface area (Å²) in [6, 6.07) is 14.1. The number of aryl methyl sites for hydroxylation is 1. The van der Waals surface area contributed by atoms with Crippen LogP contribution < -0.4 is 0 Å². The van der Waals surface area contributed by atoms with E-state index in [2.05, 4.69) is 50.3 Å². The number of hydrogen-bond donors (Lipinski definition) is 2. The largest absolute Gasteiger partial charge is 0.353 e. The zero-order valence-corrected chi connectivity index (χ0v) is 21.3. The van der Waals surface area contributed by atoms with Gasteiger partial charge < -0.3 is 4.98 Å². The van der Waals surface area contributed by atoms with Gasteiger partial charge in [-0.1, -0.05) is 0 Å². The zero-order chi connectivity index (χ0) is 25.9. The zero-order valence-electron chi connectivity index (χ0n) is 20.5. The number of aromatic nitrogens is 6. The van der Waals surface area contributed by atoms with E-state index in [-0.39, 0.29) is 13.0 Å². The van der Waals surface area contributed by atoms with Crippen molar-refractivity contribution in [2.24, 2.45) is 0 Å². The third kappa shape index (κ3) is 4.15. The smallest absolute Gasteiger partial charge is 0.261 e. The van der Waals surface area contributed by atoms with Gasteiger partial charge >= 0.3 is 0 Å². The van der Waals surface area contributed by atoms with Crippen molar-refractivity contribution in [2.75, 3.05) is 13.1 Å². The van der Waals surface area contributed by atoms with Gasteiger partial charge in [-0.15, -0.1) is 11.3 Å². The normalized spacial score (nSPS) is 15.7. The van der Waals surface area contributed by atoms with Crippen molar-refractivity contribution in [3.05, 3.63) is 71.5 Å². The Kier molecular flexibility index (Phi) is 5.34. The average molecular weight is 528 g/mol. The Bertz CT molecular complexity index is 1800. The molecule has 1 fully saturated rings. The lowest BCUT2D eigenvalue weighted by molar-refractivity contribution is 0.0115. The number of pyridine rings is 3. The van der Waals surface area contributed by atoms with Gasteiger partial charge in [0.05, 0.1) is 34.0 Å². The van der Waals surface area contributed by atoms with Crippen LogP contribution in [0.2, 0.25) is 0 Å². The number of alkyl halides is 2. The van der Waals surface area contributed by atoms with Crippen LogP contribution in [0.15, 0.2) is 61.1 Å². The molecule has 0 bridgehead atoms. The first-order chi connectivity index (χ1) is 18.4. The standard InChI is InChI=1S/C28H23F2N7S/c1-16-2-5-24(38-16)25-19-11-23(33-21(19)6-8-32-25)27-26-22(35-36-27)4-3-20(34-26)18-10-17(12-31-13-18)14-37-9-7-28(29,30)15-37/h2-6,8,10-13,33H,7,9,14-15H2,1H3,(H,35,36). The molecule has 0 unspecified atom stereocenters. The minimum absolute atomic E-state index is 0.0973. The van der Waals surface area contributed by atoms with E-state index in [4.69, 9.17) is 4.98 Å². The van der Waals surface area contributed by atoms with Crippen LogP contribution in [0.5, 0.6) is 0 Å². The maximum Gasteiger partial charge on any atom is 0.261 e. The summed E-state index contributed by atoms with van der Waals surface area (Å²) in [5, 5.41) is 8.69. The lowest BCUT2D eigenvalue weighted by atomic mass is 10.1. The molecule has 7 heterocycles.